The van der Waals surface area contributed by atoms with Crippen molar-refractivity contribution in [1.82, 2.24) is 20.2 Å². The first-order chi connectivity index (χ1) is 10.8. The molecule has 0 amide bonds. The molecule has 4 rings (SSSR count). The number of aryl methyl sites for hydroxylation is 1. The number of piperazine rings is 1. The fourth-order valence-electron chi connectivity index (χ4n) is 3.03. The largest absolute Gasteiger partial charge is 0.353 e. The van der Waals surface area contributed by atoms with Crippen molar-refractivity contribution in [1.29, 1.82) is 0 Å². The number of nitrogens with one attached hydrogen (secondary N) is 1. The summed E-state index contributed by atoms with van der Waals surface area (Å²) in [5.41, 5.74) is 2.06. The molecule has 0 bridgehead atoms. The summed E-state index contributed by atoms with van der Waals surface area (Å²) in [7, 11) is 0. The average molecular weight is 294 g/mol. The summed E-state index contributed by atoms with van der Waals surface area (Å²) < 4.78 is 0. The number of hydrogen-bond acceptors (Lipinski definition) is 5. The lowest BCUT2D eigenvalue weighted by atomic mass is 10.2. The fourth-order valence-corrected chi connectivity index (χ4v) is 3.03. The summed E-state index contributed by atoms with van der Waals surface area (Å²) in [5.74, 6) is 2.08. The van der Waals surface area contributed by atoms with E-state index in [0.29, 0.717) is 0 Å². The van der Waals surface area contributed by atoms with Gasteiger partial charge in [-0.3, -0.25) is 5.10 Å². The van der Waals surface area contributed by atoms with Crippen molar-refractivity contribution in [2.75, 3.05) is 36.0 Å². The van der Waals surface area contributed by atoms with Crippen molar-refractivity contribution < 1.29 is 0 Å². The van der Waals surface area contributed by atoms with Gasteiger partial charge in [0.1, 0.15) is 11.6 Å². The van der Waals surface area contributed by atoms with Crippen molar-refractivity contribution in [3.8, 4) is 0 Å². The van der Waals surface area contributed by atoms with Crippen LogP contribution in [-0.2, 0) is 0 Å². The van der Waals surface area contributed by atoms with Crippen LogP contribution in [0.4, 0.5) is 11.6 Å². The Labute approximate surface area is 128 Å². The molecule has 0 aliphatic carbocycles. The Morgan fingerprint density at radius 2 is 1.77 bits per heavy atom. The summed E-state index contributed by atoms with van der Waals surface area (Å²) in [6, 6.07) is 8.02. The quantitative estimate of drug-likeness (QED) is 0.783. The van der Waals surface area contributed by atoms with Gasteiger partial charge in [0, 0.05) is 38.6 Å². The number of rotatable bonds is 2. The van der Waals surface area contributed by atoms with Gasteiger partial charge in [-0.25, -0.2) is 9.97 Å². The van der Waals surface area contributed by atoms with Crippen molar-refractivity contribution in [3.05, 3.63) is 42.4 Å². The second-order valence-electron chi connectivity index (χ2n) is 5.53. The van der Waals surface area contributed by atoms with Crippen LogP contribution >= 0.6 is 0 Å². The molecule has 0 radical (unpaired) electrons. The van der Waals surface area contributed by atoms with E-state index in [2.05, 4.69) is 36.0 Å². The van der Waals surface area contributed by atoms with E-state index in [9.17, 15) is 0 Å². The number of aromatic amines is 1. The number of pyridine rings is 2. The number of H-pyrrole nitrogens is 1. The lowest BCUT2D eigenvalue weighted by Crippen LogP contribution is -2.47. The van der Waals surface area contributed by atoms with Gasteiger partial charge in [0.05, 0.1) is 16.6 Å². The van der Waals surface area contributed by atoms with Gasteiger partial charge in [0.15, 0.2) is 0 Å². The molecule has 1 aliphatic rings. The molecule has 0 saturated carbocycles. The molecule has 3 aromatic rings. The molecule has 0 unspecified atom stereocenters. The van der Waals surface area contributed by atoms with E-state index in [4.69, 9.17) is 0 Å². The van der Waals surface area contributed by atoms with Crippen LogP contribution in [0, 0.1) is 6.92 Å². The molecule has 1 fully saturated rings. The summed E-state index contributed by atoms with van der Waals surface area (Å²) >= 11 is 0. The maximum atomic E-state index is 4.59. The topological polar surface area (TPSA) is 60.9 Å². The number of fused-ring (bicyclic) bond motifs is 1. The zero-order valence-electron chi connectivity index (χ0n) is 12.5. The van der Waals surface area contributed by atoms with Crippen LogP contribution in [0.2, 0.25) is 0 Å². The Kier molecular flexibility index (Phi) is 3.14. The van der Waals surface area contributed by atoms with Gasteiger partial charge in [0.2, 0.25) is 0 Å². The third kappa shape index (κ3) is 2.16. The van der Waals surface area contributed by atoms with E-state index in [1.807, 2.05) is 37.5 Å². The maximum Gasteiger partial charge on any atom is 0.140 e. The Bertz CT molecular complexity index is 774. The Balaban J connectivity index is 1.57. The van der Waals surface area contributed by atoms with Gasteiger partial charge in [0.25, 0.3) is 0 Å². The predicted molar refractivity (Wildman–Crippen MR) is 87.3 cm³/mol. The van der Waals surface area contributed by atoms with E-state index in [-0.39, 0.29) is 0 Å². The third-order valence-corrected chi connectivity index (χ3v) is 4.19. The van der Waals surface area contributed by atoms with Crippen LogP contribution in [0.25, 0.3) is 10.9 Å². The van der Waals surface area contributed by atoms with Crippen LogP contribution < -0.4 is 9.80 Å². The van der Waals surface area contributed by atoms with Gasteiger partial charge in [-0.1, -0.05) is 6.07 Å². The van der Waals surface area contributed by atoms with Gasteiger partial charge >= 0.3 is 0 Å². The van der Waals surface area contributed by atoms with Crippen LogP contribution in [-0.4, -0.2) is 46.3 Å². The highest BCUT2D eigenvalue weighted by Gasteiger charge is 2.21. The minimum Gasteiger partial charge on any atom is -0.353 e. The minimum atomic E-state index is 0.938. The molecule has 112 valence electrons. The lowest BCUT2D eigenvalue weighted by Gasteiger charge is -2.36. The Hall–Kier alpha value is -2.63. The minimum absolute atomic E-state index is 0.938. The summed E-state index contributed by atoms with van der Waals surface area (Å²) in [5, 5.41) is 8.50. The van der Waals surface area contributed by atoms with Crippen LogP contribution in [0.15, 0.2) is 36.7 Å². The molecular formula is C16H18N6. The van der Waals surface area contributed by atoms with Gasteiger partial charge in [-0.15, -0.1) is 0 Å². The van der Waals surface area contributed by atoms with E-state index in [1.54, 1.807) is 0 Å². The summed E-state index contributed by atoms with van der Waals surface area (Å²) in [6.45, 7) is 5.80. The number of nitrogens with zero attached hydrogens (tertiary/aromatic N) is 5. The first-order valence-corrected chi connectivity index (χ1v) is 7.53. The smallest absolute Gasteiger partial charge is 0.140 e. The van der Waals surface area contributed by atoms with Crippen LogP contribution in [0.5, 0.6) is 0 Å². The number of hydrogen-bond donors (Lipinski definition) is 1. The number of anilines is 2. The molecule has 0 aromatic carbocycles. The van der Waals surface area contributed by atoms with Gasteiger partial charge in [-0.05, 0) is 25.1 Å². The van der Waals surface area contributed by atoms with Crippen molar-refractivity contribution in [3.63, 3.8) is 0 Å². The van der Waals surface area contributed by atoms with Crippen LogP contribution in [0.1, 0.15) is 5.69 Å². The van der Waals surface area contributed by atoms with E-state index in [1.165, 1.54) is 0 Å². The predicted octanol–water partition coefficient (Wildman–Crippen LogP) is 1.99. The summed E-state index contributed by atoms with van der Waals surface area (Å²) in [6.07, 6.45) is 3.69. The highest BCUT2D eigenvalue weighted by Crippen LogP contribution is 2.27. The molecule has 1 saturated heterocycles. The monoisotopic (exact) mass is 294 g/mol. The second kappa shape index (κ2) is 5.29. The molecular weight excluding hydrogens is 276 g/mol. The maximum absolute atomic E-state index is 4.59. The van der Waals surface area contributed by atoms with E-state index < -0.39 is 0 Å². The lowest BCUT2D eigenvalue weighted by molar-refractivity contribution is 0.643. The standard InChI is InChI=1S/C16H18N6/c1-12-15-13(20-19-12)5-7-18-16(15)22-10-8-21(9-11-22)14-4-2-3-6-17-14/h2-7H,8-11H2,1H3,(H,19,20). The van der Waals surface area contributed by atoms with Gasteiger partial charge < -0.3 is 9.80 Å². The van der Waals surface area contributed by atoms with E-state index >= 15 is 0 Å². The Morgan fingerprint density at radius 3 is 2.55 bits per heavy atom. The zero-order valence-corrected chi connectivity index (χ0v) is 12.5. The SMILES string of the molecule is Cc1n[nH]c2ccnc(N3CCN(c4ccccn4)CC3)c12. The third-order valence-electron chi connectivity index (χ3n) is 4.19. The molecule has 0 atom stereocenters. The highest BCUT2D eigenvalue weighted by molar-refractivity contribution is 5.91. The molecule has 0 spiro atoms. The molecule has 6 nitrogen and oxygen atoms in total. The first-order valence-electron chi connectivity index (χ1n) is 7.53. The first kappa shape index (κ1) is 13.1. The van der Waals surface area contributed by atoms with Crippen molar-refractivity contribution >= 4 is 22.5 Å². The Morgan fingerprint density at radius 1 is 0.955 bits per heavy atom. The fraction of sp³-hybridized carbons (Fsp3) is 0.312. The highest BCUT2D eigenvalue weighted by atomic mass is 15.3. The zero-order chi connectivity index (χ0) is 14.9. The molecule has 22 heavy (non-hydrogen) atoms. The molecule has 1 N–H and O–H groups in total. The average Bonchev–Trinajstić information content (AvgIpc) is 2.97. The molecule has 1 aliphatic heterocycles. The molecule has 4 heterocycles. The van der Waals surface area contributed by atoms with Crippen molar-refractivity contribution in [2.24, 2.45) is 0 Å². The summed E-state index contributed by atoms with van der Waals surface area (Å²) in [4.78, 5) is 13.7. The second-order valence-corrected chi connectivity index (χ2v) is 5.53. The van der Waals surface area contributed by atoms with E-state index in [0.717, 1.165) is 54.4 Å². The van der Waals surface area contributed by atoms with Crippen molar-refractivity contribution in [2.45, 2.75) is 6.92 Å². The normalized spacial score (nSPS) is 15.5. The number of aromatic nitrogens is 4. The molecule has 6 heteroatoms. The molecule has 3 aromatic heterocycles. The van der Waals surface area contributed by atoms with Crippen LogP contribution in [0.3, 0.4) is 0 Å². The van der Waals surface area contributed by atoms with Gasteiger partial charge in [-0.2, -0.15) is 5.10 Å².